The lowest BCUT2D eigenvalue weighted by atomic mass is 10.1. The van der Waals surface area contributed by atoms with Crippen LogP contribution in [0.15, 0.2) is 24.3 Å². The van der Waals surface area contributed by atoms with Crippen LogP contribution in [0.5, 0.6) is 0 Å². The lowest BCUT2D eigenvalue weighted by Gasteiger charge is -2.17. The van der Waals surface area contributed by atoms with Gasteiger partial charge in [-0.15, -0.1) is 0 Å². The summed E-state index contributed by atoms with van der Waals surface area (Å²) in [4.78, 5) is 33.6. The zero-order chi connectivity index (χ0) is 15.0. The highest BCUT2D eigenvalue weighted by Gasteiger charge is 2.16. The Morgan fingerprint density at radius 1 is 1.20 bits per heavy atom. The van der Waals surface area contributed by atoms with Gasteiger partial charge >= 0.3 is 0 Å². The first kappa shape index (κ1) is 15.7. The molecule has 7 nitrogen and oxygen atoms in total. The monoisotopic (exact) mass is 280 g/mol. The van der Waals surface area contributed by atoms with Crippen molar-refractivity contribution < 1.29 is 14.4 Å². The fourth-order valence-corrected chi connectivity index (χ4v) is 1.71. The quantitative estimate of drug-likeness (QED) is 0.467. The van der Waals surface area contributed by atoms with Crippen LogP contribution in [-0.2, 0) is 14.4 Å². The third kappa shape index (κ3) is 6.03. The van der Waals surface area contributed by atoms with Gasteiger partial charge in [-0.2, -0.15) is 0 Å². The van der Waals surface area contributed by atoms with Crippen molar-refractivity contribution in [1.82, 2.24) is 16.0 Å². The van der Waals surface area contributed by atoms with E-state index < -0.39 is 0 Å². The summed E-state index contributed by atoms with van der Waals surface area (Å²) < 4.78 is 0. The van der Waals surface area contributed by atoms with Crippen molar-refractivity contribution in [2.24, 2.45) is 5.73 Å². The molecule has 0 bridgehead atoms. The molecule has 0 saturated heterocycles. The average Bonchev–Trinajstić information content (AvgIpc) is 2.36. The van der Waals surface area contributed by atoms with Crippen molar-refractivity contribution in [3.8, 4) is 0 Å². The summed E-state index contributed by atoms with van der Waals surface area (Å²) in [5, 5.41) is 7.70. The van der Waals surface area contributed by atoms with Gasteiger partial charge in [0.25, 0.3) is 5.91 Å². The van der Waals surface area contributed by atoms with Crippen LogP contribution in [-0.4, -0.2) is 17.7 Å². The Morgan fingerprint density at radius 3 is 2.45 bits per heavy atom. The minimum absolute atomic E-state index is 0.177. The Bertz CT molecular complexity index is 443. The predicted octanol–water partition coefficient (Wildman–Crippen LogP) is -0.0395. The van der Waals surface area contributed by atoms with Crippen molar-refractivity contribution >= 4 is 17.7 Å². The number of rotatable bonds is 8. The molecule has 0 aliphatic carbocycles. The highest BCUT2D eigenvalue weighted by molar-refractivity contribution is 5.98. The molecule has 0 radical (unpaired) electrons. The second kappa shape index (κ2) is 7.98. The molecule has 0 spiro atoms. The van der Waals surface area contributed by atoms with E-state index in [1.54, 1.807) is 0 Å². The van der Waals surface area contributed by atoms with E-state index >= 15 is 0 Å². The number of carbonyl (C=O) groups excluding carboxylic acids is 3. The maximum atomic E-state index is 11.6. The average molecular weight is 280 g/mol. The topological polar surface area (TPSA) is 113 Å². The predicted molar refractivity (Wildman–Crippen MR) is 73.5 cm³/mol. The number of hydrogen-bond donors (Lipinski definition) is 4. The van der Waals surface area contributed by atoms with Gasteiger partial charge in [0.2, 0.25) is 11.8 Å². The van der Waals surface area contributed by atoms with Crippen LogP contribution in [0.3, 0.4) is 0 Å². The number of nitrogens with two attached hydrogens (primary N) is 1. The standard InChI is InChI=1S/C13H20N4O3/c1-9-15-8-10(13(20)16-9)17-12(19)7-5-3-2-4-6-11(14)18/h8,15H,1-7H2,(H2,14,18)(H,16,20)(H,17,19). The van der Waals surface area contributed by atoms with E-state index in [1.165, 1.54) is 6.20 Å². The van der Waals surface area contributed by atoms with Gasteiger partial charge in [0.05, 0.1) is 0 Å². The molecule has 5 N–H and O–H groups in total. The molecule has 0 aromatic heterocycles. The van der Waals surface area contributed by atoms with E-state index in [0.29, 0.717) is 25.1 Å². The van der Waals surface area contributed by atoms with Gasteiger partial charge in [-0.3, -0.25) is 14.4 Å². The van der Waals surface area contributed by atoms with Crippen molar-refractivity contribution in [3.63, 3.8) is 0 Å². The molecule has 1 aliphatic rings. The lowest BCUT2D eigenvalue weighted by molar-refractivity contribution is -0.123. The highest BCUT2D eigenvalue weighted by atomic mass is 16.2. The van der Waals surface area contributed by atoms with E-state index in [4.69, 9.17) is 5.73 Å². The molecule has 0 aromatic carbocycles. The summed E-state index contributed by atoms with van der Waals surface area (Å²) in [6, 6.07) is 0. The van der Waals surface area contributed by atoms with Gasteiger partial charge in [0.15, 0.2) is 0 Å². The van der Waals surface area contributed by atoms with Crippen LogP contribution < -0.4 is 21.7 Å². The van der Waals surface area contributed by atoms with Crippen molar-refractivity contribution in [2.75, 3.05) is 0 Å². The van der Waals surface area contributed by atoms with Crippen molar-refractivity contribution in [3.05, 3.63) is 24.3 Å². The molecule has 0 unspecified atom stereocenters. The van der Waals surface area contributed by atoms with E-state index in [9.17, 15) is 14.4 Å². The molecule has 0 fully saturated rings. The number of amides is 3. The third-order valence-electron chi connectivity index (χ3n) is 2.75. The van der Waals surface area contributed by atoms with Crippen LogP contribution in [0.1, 0.15) is 38.5 Å². The molecule has 7 heteroatoms. The summed E-state index contributed by atoms with van der Waals surface area (Å²) >= 11 is 0. The maximum Gasteiger partial charge on any atom is 0.274 e. The Morgan fingerprint density at radius 2 is 1.85 bits per heavy atom. The van der Waals surface area contributed by atoms with Crippen molar-refractivity contribution in [2.45, 2.75) is 38.5 Å². The van der Waals surface area contributed by atoms with E-state index in [-0.39, 0.29) is 23.4 Å². The van der Waals surface area contributed by atoms with Crippen LogP contribution in [0.25, 0.3) is 0 Å². The van der Waals surface area contributed by atoms with Crippen LogP contribution in [0.2, 0.25) is 0 Å². The van der Waals surface area contributed by atoms with Crippen molar-refractivity contribution in [1.29, 1.82) is 0 Å². The summed E-state index contributed by atoms with van der Waals surface area (Å²) in [7, 11) is 0. The number of nitrogens with one attached hydrogen (secondary N) is 3. The largest absolute Gasteiger partial charge is 0.370 e. The van der Waals surface area contributed by atoms with E-state index in [1.807, 2.05) is 0 Å². The van der Waals surface area contributed by atoms with E-state index in [0.717, 1.165) is 19.3 Å². The Balaban J connectivity index is 2.16. The van der Waals surface area contributed by atoms with Crippen LogP contribution in [0, 0.1) is 0 Å². The summed E-state index contributed by atoms with van der Waals surface area (Å²) in [5.41, 5.74) is 5.20. The van der Waals surface area contributed by atoms with Gasteiger partial charge in [0, 0.05) is 19.0 Å². The molecule has 0 aromatic rings. The second-order valence-electron chi connectivity index (χ2n) is 4.56. The van der Waals surface area contributed by atoms with Gasteiger partial charge in [0.1, 0.15) is 11.5 Å². The number of primary amides is 1. The summed E-state index contributed by atoms with van der Waals surface area (Å²) in [5.74, 6) is -0.520. The zero-order valence-corrected chi connectivity index (χ0v) is 11.3. The smallest absolute Gasteiger partial charge is 0.274 e. The zero-order valence-electron chi connectivity index (χ0n) is 11.3. The molecule has 0 atom stereocenters. The van der Waals surface area contributed by atoms with Crippen LogP contribution >= 0.6 is 0 Å². The van der Waals surface area contributed by atoms with E-state index in [2.05, 4.69) is 22.5 Å². The lowest BCUT2D eigenvalue weighted by Crippen LogP contribution is -2.41. The van der Waals surface area contributed by atoms with Gasteiger partial charge < -0.3 is 21.7 Å². The number of carbonyl (C=O) groups is 3. The third-order valence-corrected chi connectivity index (χ3v) is 2.75. The molecule has 1 heterocycles. The minimum Gasteiger partial charge on any atom is -0.370 e. The molecule has 0 saturated carbocycles. The first-order chi connectivity index (χ1) is 9.49. The molecule has 3 amide bonds. The second-order valence-corrected chi connectivity index (χ2v) is 4.56. The highest BCUT2D eigenvalue weighted by Crippen LogP contribution is 2.06. The fraction of sp³-hybridized carbons (Fsp3) is 0.462. The Labute approximate surface area is 117 Å². The Kier molecular flexibility index (Phi) is 6.28. The van der Waals surface area contributed by atoms with Gasteiger partial charge in [-0.25, -0.2) is 0 Å². The van der Waals surface area contributed by atoms with Crippen LogP contribution in [0.4, 0.5) is 0 Å². The van der Waals surface area contributed by atoms with Gasteiger partial charge in [-0.05, 0) is 12.8 Å². The molecular weight excluding hydrogens is 260 g/mol. The Hall–Kier alpha value is -2.31. The maximum absolute atomic E-state index is 11.6. The number of unbranched alkanes of at least 4 members (excludes halogenated alkanes) is 3. The fourth-order valence-electron chi connectivity index (χ4n) is 1.71. The number of hydrogen-bond acceptors (Lipinski definition) is 4. The normalized spacial score (nSPS) is 14.1. The molecule has 20 heavy (non-hydrogen) atoms. The summed E-state index contributed by atoms with van der Waals surface area (Å²) in [6.07, 6.45) is 5.29. The first-order valence-corrected chi connectivity index (χ1v) is 6.54. The molecule has 1 rings (SSSR count). The molecule has 1 aliphatic heterocycles. The molecule has 110 valence electrons. The minimum atomic E-state index is -0.386. The van der Waals surface area contributed by atoms with Gasteiger partial charge in [-0.1, -0.05) is 19.4 Å². The summed E-state index contributed by atoms with van der Waals surface area (Å²) in [6.45, 7) is 3.54. The SMILES string of the molecule is C=C1NC=C(NC(=O)CCCCCCC(N)=O)C(=O)N1. The molecular formula is C13H20N4O3. The first-order valence-electron chi connectivity index (χ1n) is 6.54.